The van der Waals surface area contributed by atoms with Gasteiger partial charge in [0.1, 0.15) is 5.75 Å². The zero-order valence-corrected chi connectivity index (χ0v) is 17.3. The van der Waals surface area contributed by atoms with E-state index in [2.05, 4.69) is 36.4 Å². The number of ether oxygens (including phenoxy) is 1. The summed E-state index contributed by atoms with van der Waals surface area (Å²) in [6, 6.07) is 10.6. The van der Waals surface area contributed by atoms with E-state index in [1.807, 2.05) is 18.4 Å². The topological polar surface area (TPSA) is 72.5 Å². The summed E-state index contributed by atoms with van der Waals surface area (Å²) in [5, 5.41) is 11.4. The first kappa shape index (κ1) is 19.0. The van der Waals surface area contributed by atoms with Crippen LogP contribution in [0.4, 0.5) is 5.69 Å². The largest absolute Gasteiger partial charge is 0.496 e. The minimum absolute atomic E-state index is 0.367. The predicted octanol–water partition coefficient (Wildman–Crippen LogP) is 4.86. The van der Waals surface area contributed by atoms with Crippen LogP contribution in [0.15, 0.2) is 52.8 Å². The summed E-state index contributed by atoms with van der Waals surface area (Å²) in [6.07, 6.45) is 4.83. The molecule has 0 spiro atoms. The van der Waals surface area contributed by atoms with Gasteiger partial charge in [-0.3, -0.25) is 0 Å². The number of rotatable bonds is 2. The molecule has 2 aliphatic heterocycles. The van der Waals surface area contributed by atoms with Crippen molar-refractivity contribution >= 4 is 35.2 Å². The Morgan fingerprint density at radius 1 is 1.25 bits per heavy atom. The normalized spacial score (nSPS) is 20.6. The highest BCUT2D eigenvalue weighted by molar-refractivity contribution is 8.09. The fraction of sp³-hybridized carbons (Fsp3) is 0.227. The lowest BCUT2D eigenvalue weighted by Crippen LogP contribution is -2.04. The van der Waals surface area contributed by atoms with Crippen molar-refractivity contribution in [2.24, 2.45) is 0 Å². The highest BCUT2D eigenvalue weighted by atomic mass is 32.2. The van der Waals surface area contributed by atoms with Crippen LogP contribution in [0.25, 0.3) is 11.1 Å². The third-order valence-electron chi connectivity index (χ3n) is 5.21. The number of nitrogen functional groups attached to an aromatic ring is 1. The van der Waals surface area contributed by atoms with Crippen molar-refractivity contribution in [2.45, 2.75) is 23.8 Å². The number of aliphatic carboxylic acids is 1. The number of methoxy groups -OCH3 is 1. The maximum absolute atomic E-state index is 10.5. The fourth-order valence-electron chi connectivity index (χ4n) is 3.70. The van der Waals surface area contributed by atoms with Crippen LogP contribution >= 0.6 is 23.5 Å². The molecule has 2 heterocycles. The van der Waals surface area contributed by atoms with Crippen LogP contribution in [0.1, 0.15) is 16.7 Å². The van der Waals surface area contributed by atoms with Gasteiger partial charge in [-0.05, 0) is 46.7 Å². The molecular weight excluding hydrogens is 390 g/mol. The minimum Gasteiger partial charge on any atom is -0.496 e. The van der Waals surface area contributed by atoms with Crippen molar-refractivity contribution in [3.05, 3.63) is 69.5 Å². The van der Waals surface area contributed by atoms with Crippen molar-refractivity contribution < 1.29 is 14.6 Å². The van der Waals surface area contributed by atoms with Crippen molar-refractivity contribution in [1.29, 1.82) is 0 Å². The fourth-order valence-corrected chi connectivity index (χ4v) is 6.13. The summed E-state index contributed by atoms with van der Waals surface area (Å²) >= 11 is 3.14. The summed E-state index contributed by atoms with van der Waals surface area (Å²) in [5.41, 5.74) is 13.2. The number of hydrogen-bond acceptors (Lipinski definition) is 5. The molecule has 5 rings (SSSR count). The molecule has 0 aromatic heterocycles. The molecular formula is C22H21NO3S2. The molecule has 2 aromatic rings. The minimum atomic E-state index is -0.793. The van der Waals surface area contributed by atoms with Gasteiger partial charge in [0.2, 0.25) is 0 Å². The van der Waals surface area contributed by atoms with E-state index in [1.165, 1.54) is 34.0 Å². The van der Waals surface area contributed by atoms with Gasteiger partial charge in [0.05, 0.1) is 12.0 Å². The second-order valence-corrected chi connectivity index (χ2v) is 9.13. The van der Waals surface area contributed by atoms with E-state index in [4.69, 9.17) is 15.6 Å². The standard InChI is InChI=1S/C15H15NO.C7H6O2S2/c1-9-14(17-2)8-12-11-6-4-3-5-10(11)7-13(12)15(9)16;8-7(9)6-3-5-4(11-6)1-2-10-5/h3-6,8H,7,16H2,1-2H3;1-5H,(H,8,9). The van der Waals surface area contributed by atoms with Crippen molar-refractivity contribution in [2.75, 3.05) is 12.8 Å². The molecule has 3 N–H and O–H groups in total. The molecule has 2 aromatic carbocycles. The van der Waals surface area contributed by atoms with Crippen LogP contribution < -0.4 is 10.5 Å². The molecule has 6 heteroatoms. The molecule has 0 saturated carbocycles. The molecule has 3 aliphatic rings. The molecule has 1 aliphatic carbocycles. The zero-order chi connectivity index (χ0) is 19.8. The molecule has 0 radical (unpaired) electrons. The Bertz CT molecular complexity index is 1010. The van der Waals surface area contributed by atoms with Crippen molar-refractivity contribution in [3.63, 3.8) is 0 Å². The monoisotopic (exact) mass is 411 g/mol. The van der Waals surface area contributed by atoms with Gasteiger partial charge in [-0.25, -0.2) is 4.79 Å². The first-order chi connectivity index (χ1) is 13.5. The smallest absolute Gasteiger partial charge is 0.341 e. The van der Waals surface area contributed by atoms with Gasteiger partial charge < -0.3 is 15.6 Å². The first-order valence-electron chi connectivity index (χ1n) is 8.97. The van der Waals surface area contributed by atoms with Crippen LogP contribution in [0.3, 0.4) is 0 Å². The number of hydrogen-bond donors (Lipinski definition) is 2. The Balaban J connectivity index is 0.000000151. The zero-order valence-electron chi connectivity index (χ0n) is 15.6. The highest BCUT2D eigenvalue weighted by Gasteiger charge is 2.32. The van der Waals surface area contributed by atoms with E-state index in [0.717, 1.165) is 23.4 Å². The van der Waals surface area contributed by atoms with Crippen LogP contribution in [-0.2, 0) is 11.2 Å². The number of fused-ring (bicyclic) bond motifs is 4. The Labute approximate surface area is 172 Å². The predicted molar refractivity (Wildman–Crippen MR) is 118 cm³/mol. The SMILES string of the molecule is COc1cc2c(c(N)c1C)Cc1ccccc1-2.O=C(O)C1=CC2SC=CC2S1. The second-order valence-electron chi connectivity index (χ2n) is 6.83. The summed E-state index contributed by atoms with van der Waals surface area (Å²) < 4.78 is 5.39. The lowest BCUT2D eigenvalue weighted by Gasteiger charge is -2.12. The molecule has 0 bridgehead atoms. The van der Waals surface area contributed by atoms with Crippen LogP contribution in [-0.4, -0.2) is 28.7 Å². The number of carbonyl (C=O) groups is 1. The van der Waals surface area contributed by atoms with Gasteiger partial charge in [-0.15, -0.1) is 23.5 Å². The molecule has 28 heavy (non-hydrogen) atoms. The molecule has 2 unspecified atom stereocenters. The first-order valence-corrected chi connectivity index (χ1v) is 10.8. The van der Waals surface area contributed by atoms with Gasteiger partial charge in [-0.2, -0.15) is 0 Å². The van der Waals surface area contributed by atoms with E-state index in [-0.39, 0.29) is 0 Å². The highest BCUT2D eigenvalue weighted by Crippen LogP contribution is 2.44. The third kappa shape index (κ3) is 3.31. The molecule has 0 amide bonds. The lowest BCUT2D eigenvalue weighted by molar-refractivity contribution is -0.131. The van der Waals surface area contributed by atoms with Gasteiger partial charge in [0.25, 0.3) is 0 Å². The summed E-state index contributed by atoms with van der Waals surface area (Å²) in [7, 11) is 1.69. The quantitative estimate of drug-likeness (QED) is 0.587. The number of carboxylic acids is 1. The Morgan fingerprint density at radius 3 is 2.75 bits per heavy atom. The van der Waals surface area contributed by atoms with Gasteiger partial charge >= 0.3 is 5.97 Å². The molecule has 0 saturated heterocycles. The third-order valence-corrected chi connectivity index (χ3v) is 7.73. The van der Waals surface area contributed by atoms with E-state index in [0.29, 0.717) is 15.4 Å². The van der Waals surface area contributed by atoms with E-state index < -0.39 is 5.97 Å². The Kier molecular flexibility index (Phi) is 5.17. The maximum atomic E-state index is 10.5. The maximum Gasteiger partial charge on any atom is 0.341 e. The van der Waals surface area contributed by atoms with Gasteiger partial charge in [0, 0.05) is 28.2 Å². The molecule has 0 fully saturated rings. The van der Waals surface area contributed by atoms with Crippen molar-refractivity contribution in [1.82, 2.24) is 0 Å². The van der Waals surface area contributed by atoms with Gasteiger partial charge in [0.15, 0.2) is 0 Å². The summed E-state index contributed by atoms with van der Waals surface area (Å²) in [4.78, 5) is 11.0. The van der Waals surface area contributed by atoms with E-state index in [9.17, 15) is 4.79 Å². The number of carboxylic acid groups (broad SMARTS) is 1. The van der Waals surface area contributed by atoms with Gasteiger partial charge in [-0.1, -0.05) is 30.3 Å². The number of anilines is 1. The second kappa shape index (κ2) is 7.60. The van der Waals surface area contributed by atoms with E-state index in [1.54, 1.807) is 18.9 Å². The number of thioether (sulfide) groups is 2. The molecule has 2 atom stereocenters. The molecule has 144 valence electrons. The molecule has 4 nitrogen and oxygen atoms in total. The van der Waals surface area contributed by atoms with E-state index >= 15 is 0 Å². The Morgan fingerprint density at radius 2 is 2.04 bits per heavy atom. The number of nitrogens with two attached hydrogens (primary N) is 1. The van der Waals surface area contributed by atoms with Crippen molar-refractivity contribution in [3.8, 4) is 16.9 Å². The van der Waals surface area contributed by atoms with Crippen LogP contribution in [0, 0.1) is 6.92 Å². The summed E-state index contributed by atoms with van der Waals surface area (Å²) in [6.45, 7) is 2.01. The van der Waals surface area contributed by atoms with Crippen LogP contribution in [0.5, 0.6) is 5.75 Å². The lowest BCUT2D eigenvalue weighted by atomic mass is 10.0. The Hall–Kier alpha value is -2.31. The van der Waals surface area contributed by atoms with Crippen LogP contribution in [0.2, 0.25) is 0 Å². The average Bonchev–Trinajstić information content (AvgIpc) is 3.38. The average molecular weight is 412 g/mol. The summed E-state index contributed by atoms with van der Waals surface area (Å²) in [5.74, 6) is 0.0800. The number of benzene rings is 2.